The Morgan fingerprint density at radius 2 is 1.69 bits per heavy atom. The summed E-state index contributed by atoms with van der Waals surface area (Å²) in [7, 11) is 0. The average molecular weight is 401 g/mol. The molecule has 0 aliphatic carbocycles. The summed E-state index contributed by atoms with van der Waals surface area (Å²) in [6.45, 7) is 19.0. The molecule has 1 fully saturated rings. The first kappa shape index (κ1) is 23.5. The molecular formula is C25H40N2O2. The van der Waals surface area contributed by atoms with Gasteiger partial charge in [-0.1, -0.05) is 69.2 Å². The van der Waals surface area contributed by atoms with Gasteiger partial charge in [-0.15, -0.1) is 0 Å². The Balaban J connectivity index is 2.03. The topological polar surface area (TPSA) is 32.8 Å². The van der Waals surface area contributed by atoms with E-state index in [-0.39, 0.29) is 11.5 Å². The van der Waals surface area contributed by atoms with Crippen molar-refractivity contribution in [1.82, 2.24) is 9.80 Å². The molecule has 1 aromatic carbocycles. The first-order valence-corrected chi connectivity index (χ1v) is 11.0. The quantitative estimate of drug-likeness (QED) is 0.574. The molecule has 0 bridgehead atoms. The molecule has 1 saturated heterocycles. The molecule has 29 heavy (non-hydrogen) atoms. The van der Waals surface area contributed by atoms with E-state index < -0.39 is 0 Å². The van der Waals surface area contributed by atoms with Gasteiger partial charge in [0.1, 0.15) is 0 Å². The Morgan fingerprint density at radius 3 is 2.21 bits per heavy atom. The molecule has 1 heterocycles. The second-order valence-corrected chi connectivity index (χ2v) is 9.76. The number of rotatable bonds is 7. The van der Waals surface area contributed by atoms with Crippen LogP contribution in [0.2, 0.25) is 0 Å². The predicted octanol–water partition coefficient (Wildman–Crippen LogP) is 5.41. The standard InChI is InChI=1S/C25H40N2O2/c1-19(2)16-23(17-25(6,7)22-10-8-21(5)9-11-22)26-12-14-27(15-13-26)24(28)29-18-20(3)4/h8-11,16,20,23H,12-15,17-18H2,1-7H3. The van der Waals surface area contributed by atoms with Crippen molar-refractivity contribution in [2.45, 2.75) is 66.3 Å². The molecule has 162 valence electrons. The first-order chi connectivity index (χ1) is 13.6. The minimum absolute atomic E-state index is 0.0810. The van der Waals surface area contributed by atoms with Crippen LogP contribution in [-0.2, 0) is 10.2 Å². The van der Waals surface area contributed by atoms with Crippen molar-refractivity contribution in [3.8, 4) is 0 Å². The second kappa shape index (κ2) is 10.3. The molecule has 0 radical (unpaired) electrons. The molecule has 1 amide bonds. The zero-order valence-electron chi connectivity index (χ0n) is 19.5. The van der Waals surface area contributed by atoms with E-state index in [1.54, 1.807) is 0 Å². The SMILES string of the molecule is CC(C)=CC(CC(C)(C)c1ccc(C)cc1)N1CCN(C(=O)OCC(C)C)CC1. The first-order valence-electron chi connectivity index (χ1n) is 11.0. The highest BCUT2D eigenvalue weighted by Gasteiger charge is 2.31. The lowest BCUT2D eigenvalue weighted by Gasteiger charge is -2.41. The summed E-state index contributed by atoms with van der Waals surface area (Å²) >= 11 is 0. The number of carbonyl (C=O) groups is 1. The van der Waals surface area contributed by atoms with Crippen molar-refractivity contribution >= 4 is 6.09 Å². The lowest BCUT2D eigenvalue weighted by Crippen LogP contribution is -2.52. The summed E-state index contributed by atoms with van der Waals surface area (Å²) in [6, 6.07) is 9.29. The van der Waals surface area contributed by atoms with Gasteiger partial charge < -0.3 is 9.64 Å². The molecule has 0 spiro atoms. The van der Waals surface area contributed by atoms with Gasteiger partial charge in [-0.3, -0.25) is 4.90 Å². The zero-order valence-corrected chi connectivity index (χ0v) is 19.5. The number of allylic oxidation sites excluding steroid dienone is 1. The molecule has 0 N–H and O–H groups in total. The molecule has 2 rings (SSSR count). The van der Waals surface area contributed by atoms with Gasteiger partial charge in [0.15, 0.2) is 0 Å². The Hall–Kier alpha value is -1.81. The fourth-order valence-electron chi connectivity index (χ4n) is 3.89. The second-order valence-electron chi connectivity index (χ2n) is 9.76. The minimum atomic E-state index is -0.169. The number of nitrogens with zero attached hydrogens (tertiary/aromatic N) is 2. The average Bonchev–Trinajstić information content (AvgIpc) is 2.65. The number of benzene rings is 1. The van der Waals surface area contributed by atoms with E-state index in [4.69, 9.17) is 4.74 Å². The molecule has 1 unspecified atom stereocenters. The maximum Gasteiger partial charge on any atom is 0.409 e. The van der Waals surface area contributed by atoms with Crippen LogP contribution in [0.3, 0.4) is 0 Å². The maximum absolute atomic E-state index is 12.3. The van der Waals surface area contributed by atoms with Gasteiger partial charge in [-0.25, -0.2) is 4.79 Å². The summed E-state index contributed by atoms with van der Waals surface area (Å²) < 4.78 is 5.41. The third kappa shape index (κ3) is 7.18. The van der Waals surface area contributed by atoms with Gasteiger partial charge in [0.05, 0.1) is 6.61 Å². The van der Waals surface area contributed by atoms with Gasteiger partial charge in [-0.05, 0) is 44.1 Å². The molecule has 1 aromatic rings. The van der Waals surface area contributed by atoms with Gasteiger partial charge in [0, 0.05) is 32.2 Å². The van der Waals surface area contributed by atoms with Crippen molar-refractivity contribution in [2.24, 2.45) is 5.92 Å². The summed E-state index contributed by atoms with van der Waals surface area (Å²) in [4.78, 5) is 16.6. The van der Waals surface area contributed by atoms with Crippen LogP contribution in [-0.4, -0.2) is 54.7 Å². The lowest BCUT2D eigenvalue weighted by atomic mass is 9.78. The van der Waals surface area contributed by atoms with Gasteiger partial charge >= 0.3 is 6.09 Å². The normalized spacial score (nSPS) is 16.6. The molecule has 4 nitrogen and oxygen atoms in total. The molecule has 4 heteroatoms. The minimum Gasteiger partial charge on any atom is -0.449 e. The van der Waals surface area contributed by atoms with Gasteiger partial charge in [0.2, 0.25) is 0 Å². The van der Waals surface area contributed by atoms with Crippen LogP contribution < -0.4 is 0 Å². The number of carbonyl (C=O) groups excluding carboxylic acids is 1. The number of ether oxygens (including phenoxy) is 1. The lowest BCUT2D eigenvalue weighted by molar-refractivity contribution is 0.0599. The van der Waals surface area contributed by atoms with E-state index in [1.807, 2.05) is 4.90 Å². The van der Waals surface area contributed by atoms with Crippen LogP contribution in [0.1, 0.15) is 59.1 Å². The fraction of sp³-hybridized carbons (Fsp3) is 0.640. The van der Waals surface area contributed by atoms with Crippen molar-refractivity contribution < 1.29 is 9.53 Å². The zero-order chi connectivity index (χ0) is 21.6. The van der Waals surface area contributed by atoms with Gasteiger partial charge in [0.25, 0.3) is 0 Å². The Morgan fingerprint density at radius 1 is 1.10 bits per heavy atom. The Kier molecular flexibility index (Phi) is 8.33. The van der Waals surface area contributed by atoms with Crippen LogP contribution in [0.15, 0.2) is 35.9 Å². The Labute approximate surface area is 177 Å². The van der Waals surface area contributed by atoms with Crippen LogP contribution in [0.5, 0.6) is 0 Å². The summed E-state index contributed by atoms with van der Waals surface area (Å²) in [5, 5.41) is 0. The van der Waals surface area contributed by atoms with Crippen LogP contribution in [0.25, 0.3) is 0 Å². The van der Waals surface area contributed by atoms with E-state index >= 15 is 0 Å². The van der Waals surface area contributed by atoms with Crippen LogP contribution >= 0.6 is 0 Å². The van der Waals surface area contributed by atoms with Crippen molar-refractivity contribution in [3.63, 3.8) is 0 Å². The number of aryl methyl sites for hydroxylation is 1. The highest BCUT2D eigenvalue weighted by molar-refractivity contribution is 5.67. The largest absolute Gasteiger partial charge is 0.449 e. The predicted molar refractivity (Wildman–Crippen MR) is 121 cm³/mol. The fourth-order valence-corrected chi connectivity index (χ4v) is 3.89. The highest BCUT2D eigenvalue weighted by Crippen LogP contribution is 2.31. The van der Waals surface area contributed by atoms with E-state index in [2.05, 4.69) is 83.7 Å². The van der Waals surface area contributed by atoms with Gasteiger partial charge in [-0.2, -0.15) is 0 Å². The third-order valence-electron chi connectivity index (χ3n) is 5.66. The summed E-state index contributed by atoms with van der Waals surface area (Å²) in [6.07, 6.45) is 3.28. The number of piperazine rings is 1. The van der Waals surface area contributed by atoms with Crippen LogP contribution in [0.4, 0.5) is 4.79 Å². The third-order valence-corrected chi connectivity index (χ3v) is 5.66. The maximum atomic E-state index is 12.3. The monoisotopic (exact) mass is 400 g/mol. The number of hydrogen-bond donors (Lipinski definition) is 0. The molecule has 1 aliphatic rings. The molecule has 1 aliphatic heterocycles. The Bertz CT molecular complexity index is 679. The van der Waals surface area contributed by atoms with E-state index in [0.717, 1.165) is 32.6 Å². The van der Waals surface area contributed by atoms with Crippen LogP contribution in [0, 0.1) is 12.8 Å². The smallest absolute Gasteiger partial charge is 0.409 e. The molecule has 1 atom stereocenters. The van der Waals surface area contributed by atoms with E-state index in [1.165, 1.54) is 16.7 Å². The van der Waals surface area contributed by atoms with Crippen molar-refractivity contribution in [3.05, 3.63) is 47.0 Å². The molecule has 0 aromatic heterocycles. The number of amides is 1. The van der Waals surface area contributed by atoms with E-state index in [9.17, 15) is 4.79 Å². The summed E-state index contributed by atoms with van der Waals surface area (Å²) in [5.41, 5.74) is 4.10. The summed E-state index contributed by atoms with van der Waals surface area (Å²) in [5.74, 6) is 0.367. The highest BCUT2D eigenvalue weighted by atomic mass is 16.6. The van der Waals surface area contributed by atoms with Crippen molar-refractivity contribution in [1.29, 1.82) is 0 Å². The van der Waals surface area contributed by atoms with Crippen molar-refractivity contribution in [2.75, 3.05) is 32.8 Å². The molecular weight excluding hydrogens is 360 g/mol. The van der Waals surface area contributed by atoms with E-state index in [0.29, 0.717) is 18.6 Å². The molecule has 0 saturated carbocycles. The number of hydrogen-bond acceptors (Lipinski definition) is 3.